The molecule has 0 aromatic heterocycles. The van der Waals surface area contributed by atoms with Crippen molar-refractivity contribution in [2.75, 3.05) is 66.8 Å². The molecular formula is C22H36N2O6. The zero-order chi connectivity index (χ0) is 22.2. The van der Waals surface area contributed by atoms with E-state index in [4.69, 9.17) is 18.9 Å². The lowest BCUT2D eigenvalue weighted by atomic mass is 10.1. The lowest BCUT2D eigenvalue weighted by molar-refractivity contribution is -0.145. The predicted octanol–water partition coefficient (Wildman–Crippen LogP) is 1.71. The van der Waals surface area contributed by atoms with E-state index in [1.54, 1.807) is 28.1 Å². The summed E-state index contributed by atoms with van der Waals surface area (Å²) >= 11 is 0. The first kappa shape index (κ1) is 26.0. The van der Waals surface area contributed by atoms with Crippen molar-refractivity contribution in [1.82, 2.24) is 9.80 Å². The zero-order valence-corrected chi connectivity index (χ0v) is 18.7. The van der Waals surface area contributed by atoms with Crippen LogP contribution in [0.25, 0.3) is 0 Å². The number of methoxy groups -OCH3 is 2. The topological polar surface area (TPSA) is 77.5 Å². The summed E-state index contributed by atoms with van der Waals surface area (Å²) in [7, 11) is 3.28. The van der Waals surface area contributed by atoms with Gasteiger partial charge in [-0.15, -0.1) is 0 Å². The number of hydrogen-bond donors (Lipinski definition) is 0. The summed E-state index contributed by atoms with van der Waals surface area (Å²) in [6.07, 6.45) is 0. The van der Waals surface area contributed by atoms with Gasteiger partial charge in [0.2, 0.25) is 0 Å². The molecule has 0 aliphatic carbocycles. The molecule has 170 valence electrons. The quantitative estimate of drug-likeness (QED) is 0.371. The van der Waals surface area contributed by atoms with E-state index < -0.39 is 0 Å². The van der Waals surface area contributed by atoms with Crippen molar-refractivity contribution in [2.24, 2.45) is 0 Å². The van der Waals surface area contributed by atoms with Crippen LogP contribution in [0.2, 0.25) is 0 Å². The Morgan fingerprint density at radius 2 is 1.10 bits per heavy atom. The van der Waals surface area contributed by atoms with Gasteiger partial charge in [0.05, 0.1) is 39.5 Å². The van der Waals surface area contributed by atoms with Gasteiger partial charge in [-0.3, -0.25) is 19.4 Å². The largest absolute Gasteiger partial charge is 0.465 e. The van der Waals surface area contributed by atoms with Crippen molar-refractivity contribution in [3.8, 4) is 0 Å². The normalized spacial score (nSPS) is 11.1. The van der Waals surface area contributed by atoms with Crippen LogP contribution in [0.5, 0.6) is 0 Å². The molecule has 30 heavy (non-hydrogen) atoms. The van der Waals surface area contributed by atoms with Gasteiger partial charge >= 0.3 is 11.9 Å². The number of hydrogen-bond acceptors (Lipinski definition) is 8. The molecule has 0 radical (unpaired) electrons. The molecule has 0 atom stereocenters. The highest BCUT2D eigenvalue weighted by molar-refractivity contribution is 5.72. The zero-order valence-electron chi connectivity index (χ0n) is 18.7. The number of nitrogens with zero attached hydrogens (tertiary/aromatic N) is 2. The summed E-state index contributed by atoms with van der Waals surface area (Å²) in [5, 5.41) is 0. The number of rotatable bonds is 16. The Labute approximate surface area is 180 Å². The van der Waals surface area contributed by atoms with Crippen LogP contribution in [-0.4, -0.2) is 88.6 Å². The van der Waals surface area contributed by atoms with Crippen molar-refractivity contribution in [1.29, 1.82) is 0 Å². The summed E-state index contributed by atoms with van der Waals surface area (Å²) in [6.45, 7) is 8.41. The number of benzene rings is 1. The lowest BCUT2D eigenvalue weighted by Gasteiger charge is -2.22. The molecule has 0 aliphatic rings. The van der Waals surface area contributed by atoms with E-state index in [9.17, 15) is 9.59 Å². The predicted molar refractivity (Wildman–Crippen MR) is 114 cm³/mol. The minimum absolute atomic E-state index is 0.225. The van der Waals surface area contributed by atoms with E-state index in [-0.39, 0.29) is 25.0 Å². The molecule has 0 aliphatic heterocycles. The first-order chi connectivity index (χ1) is 14.5. The van der Waals surface area contributed by atoms with Gasteiger partial charge in [-0.05, 0) is 25.0 Å². The molecule has 1 aromatic rings. The molecule has 0 N–H and O–H groups in total. The third-order valence-corrected chi connectivity index (χ3v) is 4.37. The number of ether oxygens (including phenoxy) is 4. The van der Waals surface area contributed by atoms with E-state index >= 15 is 0 Å². The van der Waals surface area contributed by atoms with Crippen LogP contribution in [0.1, 0.15) is 25.0 Å². The Bertz CT molecular complexity index is 555. The highest BCUT2D eigenvalue weighted by Crippen LogP contribution is 2.11. The van der Waals surface area contributed by atoms with Gasteiger partial charge in [0, 0.05) is 40.4 Å². The summed E-state index contributed by atoms with van der Waals surface area (Å²) in [5.74, 6) is -0.476. The molecule has 0 bridgehead atoms. The molecule has 8 heteroatoms. The van der Waals surface area contributed by atoms with Gasteiger partial charge in [0.25, 0.3) is 0 Å². The average Bonchev–Trinajstić information content (AvgIpc) is 2.72. The molecule has 0 saturated carbocycles. The maximum absolute atomic E-state index is 11.8. The molecule has 0 fully saturated rings. The maximum atomic E-state index is 11.8. The van der Waals surface area contributed by atoms with E-state index in [0.717, 1.165) is 11.1 Å². The van der Waals surface area contributed by atoms with Gasteiger partial charge in [-0.1, -0.05) is 24.3 Å². The van der Waals surface area contributed by atoms with Crippen molar-refractivity contribution >= 4 is 11.9 Å². The molecule has 1 aromatic carbocycles. The minimum atomic E-state index is -0.238. The first-order valence-corrected chi connectivity index (χ1v) is 10.3. The van der Waals surface area contributed by atoms with Crippen LogP contribution in [0.4, 0.5) is 0 Å². The average molecular weight is 425 g/mol. The molecule has 0 spiro atoms. The van der Waals surface area contributed by atoms with Gasteiger partial charge in [0.15, 0.2) is 0 Å². The van der Waals surface area contributed by atoms with Gasteiger partial charge in [-0.25, -0.2) is 0 Å². The molecule has 0 amide bonds. The molecule has 0 heterocycles. The van der Waals surface area contributed by atoms with Gasteiger partial charge < -0.3 is 18.9 Å². The standard InChI is InChI=1S/C22H36N2O6/c1-5-29-21(25)17-23(11-13-27-3)15-19-7-9-20(10-8-19)16-24(12-14-28-4)18-22(26)30-6-2/h7-10H,5-6,11-18H2,1-4H3. The van der Waals surface area contributed by atoms with Crippen molar-refractivity contribution in [3.05, 3.63) is 35.4 Å². The number of carbonyl (C=O) groups excluding carboxylic acids is 2. The third-order valence-electron chi connectivity index (χ3n) is 4.37. The summed E-state index contributed by atoms with van der Waals surface area (Å²) in [6, 6.07) is 8.16. The summed E-state index contributed by atoms with van der Waals surface area (Å²) in [4.78, 5) is 27.7. The Morgan fingerprint density at radius 3 is 1.40 bits per heavy atom. The van der Waals surface area contributed by atoms with Gasteiger partial charge in [0.1, 0.15) is 0 Å². The lowest BCUT2D eigenvalue weighted by Crippen LogP contribution is -2.33. The van der Waals surface area contributed by atoms with E-state index in [2.05, 4.69) is 0 Å². The second kappa shape index (κ2) is 15.8. The second-order valence-corrected chi connectivity index (χ2v) is 6.83. The van der Waals surface area contributed by atoms with Crippen LogP contribution in [-0.2, 0) is 41.6 Å². The highest BCUT2D eigenvalue weighted by Gasteiger charge is 2.14. The van der Waals surface area contributed by atoms with Crippen molar-refractivity contribution in [3.63, 3.8) is 0 Å². The Morgan fingerprint density at radius 1 is 0.733 bits per heavy atom. The SMILES string of the molecule is CCOC(=O)CN(CCOC)Cc1ccc(CN(CCOC)CC(=O)OCC)cc1. The maximum Gasteiger partial charge on any atom is 0.320 e. The van der Waals surface area contributed by atoms with E-state index in [1.807, 2.05) is 34.1 Å². The molecule has 1 rings (SSSR count). The van der Waals surface area contributed by atoms with Crippen molar-refractivity contribution < 1.29 is 28.5 Å². The fraction of sp³-hybridized carbons (Fsp3) is 0.636. The van der Waals surface area contributed by atoms with Crippen molar-refractivity contribution in [2.45, 2.75) is 26.9 Å². The van der Waals surface area contributed by atoms with E-state index in [0.29, 0.717) is 52.6 Å². The van der Waals surface area contributed by atoms with Crippen LogP contribution in [0.3, 0.4) is 0 Å². The molecular weight excluding hydrogens is 388 g/mol. The summed E-state index contributed by atoms with van der Waals surface area (Å²) in [5.41, 5.74) is 2.18. The fourth-order valence-corrected chi connectivity index (χ4v) is 2.91. The van der Waals surface area contributed by atoms with E-state index in [1.165, 1.54) is 0 Å². The first-order valence-electron chi connectivity index (χ1n) is 10.3. The Kier molecular flexibility index (Phi) is 13.7. The number of esters is 2. The Balaban J connectivity index is 2.70. The smallest absolute Gasteiger partial charge is 0.320 e. The minimum Gasteiger partial charge on any atom is -0.465 e. The van der Waals surface area contributed by atoms with Gasteiger partial charge in [-0.2, -0.15) is 0 Å². The molecule has 8 nitrogen and oxygen atoms in total. The fourth-order valence-electron chi connectivity index (χ4n) is 2.91. The molecule has 0 unspecified atom stereocenters. The van der Waals surface area contributed by atoms with Crippen LogP contribution >= 0.6 is 0 Å². The molecule has 0 saturated heterocycles. The Hall–Kier alpha value is -2.00. The third kappa shape index (κ3) is 11.3. The summed E-state index contributed by atoms with van der Waals surface area (Å²) < 4.78 is 20.4. The van der Waals surface area contributed by atoms with Crippen LogP contribution < -0.4 is 0 Å². The second-order valence-electron chi connectivity index (χ2n) is 6.83. The highest BCUT2D eigenvalue weighted by atomic mass is 16.5. The number of carbonyl (C=O) groups is 2. The monoisotopic (exact) mass is 424 g/mol. The van der Waals surface area contributed by atoms with Crippen LogP contribution in [0, 0.1) is 0 Å². The van der Waals surface area contributed by atoms with Crippen LogP contribution in [0.15, 0.2) is 24.3 Å².